The van der Waals surface area contributed by atoms with Gasteiger partial charge >= 0.3 is 6.09 Å². The van der Waals surface area contributed by atoms with E-state index in [1.807, 2.05) is 25.1 Å². The van der Waals surface area contributed by atoms with E-state index < -0.39 is 0 Å². The molecule has 1 aromatic carbocycles. The Morgan fingerprint density at radius 3 is 2.68 bits per heavy atom. The van der Waals surface area contributed by atoms with Crippen LogP contribution < -0.4 is 20.5 Å². The van der Waals surface area contributed by atoms with Crippen LogP contribution in [-0.2, 0) is 11.3 Å². The molecule has 156 valence electrons. The summed E-state index contributed by atoms with van der Waals surface area (Å²) < 4.78 is 16.1. The molecular weight excluding hydrogens is 360 g/mol. The molecule has 8 heteroatoms. The molecule has 0 aromatic heterocycles. The Balaban J connectivity index is 1.83. The standard InChI is InChI=1S/C20H32N4O4/c1-4-12-28-17-7-6-15(13-18(17)26-3)14-22-19(21)23-16-8-10-24(11-9-16)20(25)27-5-2/h6-7,13,16H,4-5,8-12,14H2,1-3H3,(H3,21,22,23). The van der Waals surface area contributed by atoms with Gasteiger partial charge in [-0.25, -0.2) is 9.79 Å². The van der Waals surface area contributed by atoms with Crippen molar-refractivity contribution in [3.8, 4) is 11.5 Å². The number of nitrogens with zero attached hydrogens (tertiary/aromatic N) is 2. The van der Waals surface area contributed by atoms with Gasteiger partial charge in [-0.1, -0.05) is 13.0 Å². The largest absolute Gasteiger partial charge is 0.493 e. The van der Waals surface area contributed by atoms with Crippen molar-refractivity contribution in [3.63, 3.8) is 0 Å². The van der Waals surface area contributed by atoms with Crippen molar-refractivity contribution in [2.75, 3.05) is 33.4 Å². The van der Waals surface area contributed by atoms with Gasteiger partial charge in [-0.3, -0.25) is 0 Å². The summed E-state index contributed by atoms with van der Waals surface area (Å²) in [5, 5.41) is 3.24. The zero-order chi connectivity index (χ0) is 20.4. The van der Waals surface area contributed by atoms with Crippen LogP contribution in [-0.4, -0.2) is 56.4 Å². The number of piperidine rings is 1. The summed E-state index contributed by atoms with van der Waals surface area (Å²) in [6, 6.07) is 5.98. The fourth-order valence-corrected chi connectivity index (χ4v) is 2.99. The molecule has 1 aliphatic rings. The van der Waals surface area contributed by atoms with Gasteiger partial charge in [0.05, 0.1) is 26.9 Å². The summed E-state index contributed by atoms with van der Waals surface area (Å²) in [7, 11) is 1.62. The first-order valence-electron chi connectivity index (χ1n) is 9.85. The zero-order valence-corrected chi connectivity index (χ0v) is 17.1. The van der Waals surface area contributed by atoms with Crippen LogP contribution in [0.15, 0.2) is 23.2 Å². The van der Waals surface area contributed by atoms with Crippen LogP contribution in [0, 0.1) is 0 Å². The van der Waals surface area contributed by atoms with Crippen LogP contribution >= 0.6 is 0 Å². The normalized spacial score (nSPS) is 15.2. The quantitative estimate of drug-likeness (QED) is 0.521. The highest BCUT2D eigenvalue weighted by Gasteiger charge is 2.23. The van der Waals surface area contributed by atoms with Crippen LogP contribution in [0.5, 0.6) is 11.5 Å². The number of guanidine groups is 1. The lowest BCUT2D eigenvalue weighted by Gasteiger charge is -2.31. The molecule has 0 radical (unpaired) electrons. The molecule has 1 amide bonds. The Hall–Kier alpha value is -2.64. The molecule has 1 aliphatic heterocycles. The zero-order valence-electron chi connectivity index (χ0n) is 17.1. The minimum absolute atomic E-state index is 0.203. The van der Waals surface area contributed by atoms with E-state index in [1.165, 1.54) is 0 Å². The number of carbonyl (C=O) groups excluding carboxylic acids is 1. The van der Waals surface area contributed by atoms with Gasteiger partial charge in [-0.15, -0.1) is 0 Å². The maximum Gasteiger partial charge on any atom is 0.409 e. The highest BCUT2D eigenvalue weighted by atomic mass is 16.6. The minimum Gasteiger partial charge on any atom is -0.493 e. The second kappa shape index (κ2) is 11.3. The summed E-state index contributed by atoms with van der Waals surface area (Å²) in [5.74, 6) is 1.83. The number of benzene rings is 1. The third kappa shape index (κ3) is 6.51. The summed E-state index contributed by atoms with van der Waals surface area (Å²) in [4.78, 5) is 17.9. The predicted molar refractivity (Wildman–Crippen MR) is 109 cm³/mol. The first-order chi connectivity index (χ1) is 13.6. The summed E-state index contributed by atoms with van der Waals surface area (Å²) in [5.41, 5.74) is 7.03. The van der Waals surface area contributed by atoms with E-state index in [2.05, 4.69) is 17.2 Å². The number of ether oxygens (including phenoxy) is 3. The Bertz CT molecular complexity index is 658. The molecule has 0 spiro atoms. The second-order valence-corrected chi connectivity index (χ2v) is 6.64. The van der Waals surface area contributed by atoms with Crippen LogP contribution in [0.3, 0.4) is 0 Å². The number of carbonyl (C=O) groups is 1. The molecule has 1 saturated heterocycles. The lowest BCUT2D eigenvalue weighted by Crippen LogP contribution is -2.48. The number of amides is 1. The molecule has 1 heterocycles. The Morgan fingerprint density at radius 2 is 2.04 bits per heavy atom. The highest BCUT2D eigenvalue weighted by Crippen LogP contribution is 2.28. The topological polar surface area (TPSA) is 98.4 Å². The van der Waals surface area contributed by atoms with Crippen LogP contribution in [0.25, 0.3) is 0 Å². The molecule has 1 aromatic rings. The van der Waals surface area contributed by atoms with E-state index in [1.54, 1.807) is 12.0 Å². The number of aliphatic imine (C=N–C) groups is 1. The van der Waals surface area contributed by atoms with Crippen molar-refractivity contribution in [1.29, 1.82) is 0 Å². The number of nitrogens with one attached hydrogen (secondary N) is 1. The van der Waals surface area contributed by atoms with E-state index in [-0.39, 0.29) is 12.1 Å². The molecular formula is C20H32N4O4. The lowest BCUT2D eigenvalue weighted by atomic mass is 10.1. The number of nitrogens with two attached hydrogens (primary N) is 1. The first kappa shape index (κ1) is 21.7. The van der Waals surface area contributed by atoms with E-state index in [0.717, 1.165) is 30.6 Å². The number of hydrogen-bond donors (Lipinski definition) is 2. The molecule has 1 fully saturated rings. The van der Waals surface area contributed by atoms with Crippen molar-refractivity contribution >= 4 is 12.1 Å². The highest BCUT2D eigenvalue weighted by molar-refractivity contribution is 5.78. The average molecular weight is 393 g/mol. The van der Waals surface area contributed by atoms with Gasteiger partial charge < -0.3 is 30.2 Å². The van der Waals surface area contributed by atoms with Gasteiger partial charge in [-0.2, -0.15) is 0 Å². The van der Waals surface area contributed by atoms with Gasteiger partial charge in [0.2, 0.25) is 0 Å². The maximum atomic E-state index is 11.7. The molecule has 0 saturated carbocycles. The van der Waals surface area contributed by atoms with E-state index in [9.17, 15) is 4.79 Å². The van der Waals surface area contributed by atoms with Crippen molar-refractivity contribution in [2.45, 2.75) is 45.7 Å². The summed E-state index contributed by atoms with van der Waals surface area (Å²) in [6.07, 6.45) is 2.32. The maximum absolute atomic E-state index is 11.7. The number of likely N-dealkylation sites (tertiary alicyclic amines) is 1. The Kier molecular flexibility index (Phi) is 8.71. The lowest BCUT2D eigenvalue weighted by molar-refractivity contribution is 0.0963. The minimum atomic E-state index is -0.247. The molecule has 0 unspecified atom stereocenters. The van der Waals surface area contributed by atoms with Gasteiger partial charge in [0.15, 0.2) is 17.5 Å². The molecule has 28 heavy (non-hydrogen) atoms. The number of methoxy groups -OCH3 is 1. The third-order valence-electron chi connectivity index (χ3n) is 4.49. The predicted octanol–water partition coefficient (Wildman–Crippen LogP) is 2.51. The SMILES string of the molecule is CCCOc1ccc(CN=C(N)NC2CCN(C(=O)OCC)CC2)cc1OC. The van der Waals surface area contributed by atoms with E-state index >= 15 is 0 Å². The molecule has 0 atom stereocenters. The first-order valence-corrected chi connectivity index (χ1v) is 9.85. The molecule has 0 aliphatic carbocycles. The Morgan fingerprint density at radius 1 is 1.29 bits per heavy atom. The molecule has 8 nitrogen and oxygen atoms in total. The van der Waals surface area contributed by atoms with E-state index in [4.69, 9.17) is 19.9 Å². The third-order valence-corrected chi connectivity index (χ3v) is 4.49. The van der Waals surface area contributed by atoms with Crippen LogP contribution in [0.1, 0.15) is 38.7 Å². The summed E-state index contributed by atoms with van der Waals surface area (Å²) in [6.45, 7) is 6.68. The second-order valence-electron chi connectivity index (χ2n) is 6.64. The number of rotatable bonds is 8. The smallest absolute Gasteiger partial charge is 0.409 e. The van der Waals surface area contributed by atoms with Crippen LogP contribution in [0.2, 0.25) is 0 Å². The van der Waals surface area contributed by atoms with Gasteiger partial charge in [0, 0.05) is 19.1 Å². The average Bonchev–Trinajstić information content (AvgIpc) is 2.71. The fraction of sp³-hybridized carbons (Fsp3) is 0.600. The van der Waals surface area contributed by atoms with Crippen LogP contribution in [0.4, 0.5) is 4.79 Å². The van der Waals surface area contributed by atoms with E-state index in [0.29, 0.717) is 44.6 Å². The fourth-order valence-electron chi connectivity index (χ4n) is 2.99. The van der Waals surface area contributed by atoms with Crippen molar-refractivity contribution in [3.05, 3.63) is 23.8 Å². The van der Waals surface area contributed by atoms with Gasteiger partial charge in [0.25, 0.3) is 0 Å². The van der Waals surface area contributed by atoms with Crippen molar-refractivity contribution in [2.24, 2.45) is 10.7 Å². The molecule has 3 N–H and O–H groups in total. The molecule has 0 bridgehead atoms. The summed E-state index contributed by atoms with van der Waals surface area (Å²) >= 11 is 0. The van der Waals surface area contributed by atoms with Crippen molar-refractivity contribution in [1.82, 2.24) is 10.2 Å². The van der Waals surface area contributed by atoms with Crippen molar-refractivity contribution < 1.29 is 19.0 Å². The molecule has 2 rings (SSSR count). The van der Waals surface area contributed by atoms with Gasteiger partial charge in [-0.05, 0) is 43.9 Å². The number of hydrogen-bond acceptors (Lipinski definition) is 5. The van der Waals surface area contributed by atoms with Gasteiger partial charge in [0.1, 0.15) is 0 Å². The monoisotopic (exact) mass is 392 g/mol. The Labute approximate surface area is 167 Å².